The predicted octanol–water partition coefficient (Wildman–Crippen LogP) is 0.221. The molecule has 0 spiro atoms. The van der Waals surface area contributed by atoms with Crippen molar-refractivity contribution < 1.29 is 9.90 Å². The lowest BCUT2D eigenvalue weighted by molar-refractivity contribution is 0.0727. The Balaban J connectivity index is 1.85. The summed E-state index contributed by atoms with van der Waals surface area (Å²) in [6, 6.07) is 3.39. The molecule has 5 nitrogen and oxygen atoms in total. The van der Waals surface area contributed by atoms with Gasteiger partial charge < -0.3 is 15.3 Å². The zero-order chi connectivity index (χ0) is 11.8. The van der Waals surface area contributed by atoms with E-state index in [2.05, 4.69) is 10.3 Å². The molecule has 90 valence electrons. The number of hydrogen-bond acceptors (Lipinski definition) is 4. The van der Waals surface area contributed by atoms with Crippen molar-refractivity contribution in [3.05, 3.63) is 24.0 Å². The Morgan fingerprint density at radius 2 is 2.41 bits per heavy atom. The molecule has 3 rings (SSSR count). The maximum Gasteiger partial charge on any atom is 0.276 e. The van der Waals surface area contributed by atoms with Gasteiger partial charge in [-0.2, -0.15) is 0 Å². The first-order valence-electron chi connectivity index (χ1n) is 5.93. The van der Waals surface area contributed by atoms with Gasteiger partial charge in [0, 0.05) is 31.9 Å². The summed E-state index contributed by atoms with van der Waals surface area (Å²) in [5.41, 5.74) is 0.167. The quantitative estimate of drug-likeness (QED) is 0.728. The number of amides is 1. The van der Waals surface area contributed by atoms with E-state index in [9.17, 15) is 9.90 Å². The number of nitrogens with zero attached hydrogens (tertiary/aromatic N) is 2. The number of carbonyl (C=O) groups excluding carboxylic acids is 1. The smallest absolute Gasteiger partial charge is 0.276 e. The molecule has 1 aromatic rings. The molecule has 0 saturated carbocycles. The Bertz CT molecular complexity index is 449. The summed E-state index contributed by atoms with van der Waals surface area (Å²) in [4.78, 5) is 18.1. The van der Waals surface area contributed by atoms with E-state index in [0.29, 0.717) is 5.92 Å². The lowest BCUT2D eigenvalue weighted by atomic mass is 10.1. The van der Waals surface area contributed by atoms with Crippen molar-refractivity contribution >= 4 is 5.91 Å². The van der Waals surface area contributed by atoms with Crippen molar-refractivity contribution in [3.63, 3.8) is 0 Å². The normalized spacial score (nSPS) is 27.2. The van der Waals surface area contributed by atoms with E-state index in [0.717, 1.165) is 26.1 Å². The van der Waals surface area contributed by atoms with Gasteiger partial charge in [-0.05, 0) is 24.5 Å². The van der Waals surface area contributed by atoms with E-state index in [-0.39, 0.29) is 23.4 Å². The molecular formula is C12H15N3O2. The van der Waals surface area contributed by atoms with Crippen LogP contribution in [-0.2, 0) is 0 Å². The van der Waals surface area contributed by atoms with Crippen LogP contribution < -0.4 is 5.32 Å². The highest BCUT2D eigenvalue weighted by atomic mass is 16.3. The van der Waals surface area contributed by atoms with Crippen LogP contribution in [-0.4, -0.2) is 46.6 Å². The van der Waals surface area contributed by atoms with Gasteiger partial charge in [0.15, 0.2) is 5.69 Å². The molecule has 0 radical (unpaired) electrons. The van der Waals surface area contributed by atoms with Gasteiger partial charge in [0.05, 0.1) is 0 Å². The number of carbonyl (C=O) groups is 1. The molecule has 2 aliphatic rings. The van der Waals surface area contributed by atoms with E-state index >= 15 is 0 Å². The van der Waals surface area contributed by atoms with Crippen LogP contribution >= 0.6 is 0 Å². The molecule has 5 heteroatoms. The summed E-state index contributed by atoms with van der Waals surface area (Å²) >= 11 is 0. The highest BCUT2D eigenvalue weighted by Crippen LogP contribution is 2.29. The Morgan fingerprint density at radius 3 is 3.24 bits per heavy atom. The minimum atomic E-state index is -0.153. The molecule has 2 saturated heterocycles. The molecule has 0 aromatic carbocycles. The largest absolute Gasteiger partial charge is 0.505 e. The summed E-state index contributed by atoms with van der Waals surface area (Å²) in [7, 11) is 0. The molecule has 0 aliphatic carbocycles. The standard InChI is InChI=1S/C12H15N3O2/c16-10-2-1-4-14-11(10)12(17)15-5-3-8-6-13-7-9(8)15/h1-2,4,8-9,13,16H,3,5-7H2/t8-,9+/m1/s1. The zero-order valence-electron chi connectivity index (χ0n) is 9.47. The molecule has 0 unspecified atom stereocenters. The molecule has 2 atom stereocenters. The first-order chi connectivity index (χ1) is 8.27. The van der Waals surface area contributed by atoms with Crippen LogP contribution in [0.5, 0.6) is 5.75 Å². The molecule has 2 aliphatic heterocycles. The van der Waals surface area contributed by atoms with Crippen LogP contribution in [0, 0.1) is 5.92 Å². The molecular weight excluding hydrogens is 218 g/mol. The lowest BCUT2D eigenvalue weighted by Gasteiger charge is -2.23. The molecule has 17 heavy (non-hydrogen) atoms. The second-order valence-electron chi connectivity index (χ2n) is 4.64. The SMILES string of the molecule is O=C(c1ncccc1O)N1CC[C@@H]2CNC[C@@H]21. The average Bonchev–Trinajstić information content (AvgIpc) is 2.90. The maximum absolute atomic E-state index is 12.3. The van der Waals surface area contributed by atoms with Gasteiger partial charge in [-0.3, -0.25) is 4.79 Å². The summed E-state index contributed by atoms with van der Waals surface area (Å²) in [5.74, 6) is 0.371. The third-order valence-electron chi connectivity index (χ3n) is 3.70. The fraction of sp³-hybridized carbons (Fsp3) is 0.500. The minimum Gasteiger partial charge on any atom is -0.505 e. The van der Waals surface area contributed by atoms with Crippen molar-refractivity contribution in [1.82, 2.24) is 15.2 Å². The first-order valence-corrected chi connectivity index (χ1v) is 5.93. The number of likely N-dealkylation sites (tertiary alicyclic amines) is 1. The van der Waals surface area contributed by atoms with Crippen LogP contribution in [0.2, 0.25) is 0 Å². The van der Waals surface area contributed by atoms with E-state index in [1.165, 1.54) is 12.3 Å². The van der Waals surface area contributed by atoms with Crippen molar-refractivity contribution in [2.75, 3.05) is 19.6 Å². The summed E-state index contributed by atoms with van der Waals surface area (Å²) in [5, 5.41) is 13.0. The van der Waals surface area contributed by atoms with Crippen molar-refractivity contribution in [1.29, 1.82) is 0 Å². The van der Waals surface area contributed by atoms with Gasteiger partial charge in [-0.25, -0.2) is 4.98 Å². The van der Waals surface area contributed by atoms with Gasteiger partial charge in [0.1, 0.15) is 5.75 Å². The monoisotopic (exact) mass is 233 g/mol. The van der Waals surface area contributed by atoms with Gasteiger partial charge in [-0.1, -0.05) is 0 Å². The van der Waals surface area contributed by atoms with Crippen molar-refractivity contribution in [2.24, 2.45) is 5.92 Å². The Kier molecular flexibility index (Phi) is 2.48. The fourth-order valence-corrected chi connectivity index (χ4v) is 2.80. The molecule has 3 heterocycles. The van der Waals surface area contributed by atoms with E-state index < -0.39 is 0 Å². The van der Waals surface area contributed by atoms with Gasteiger partial charge in [-0.15, -0.1) is 0 Å². The first kappa shape index (κ1) is 10.5. The summed E-state index contributed by atoms with van der Waals surface area (Å²) < 4.78 is 0. The topological polar surface area (TPSA) is 65.5 Å². The Hall–Kier alpha value is -1.62. The highest BCUT2D eigenvalue weighted by molar-refractivity contribution is 5.95. The number of aromatic hydroxyl groups is 1. The van der Waals surface area contributed by atoms with Crippen LogP contribution in [0.3, 0.4) is 0 Å². The van der Waals surface area contributed by atoms with E-state index in [1.807, 2.05) is 4.90 Å². The third kappa shape index (κ3) is 1.67. The molecule has 1 aromatic heterocycles. The second-order valence-corrected chi connectivity index (χ2v) is 4.64. The van der Waals surface area contributed by atoms with Gasteiger partial charge in [0.2, 0.25) is 0 Å². The van der Waals surface area contributed by atoms with Crippen LogP contribution in [0.25, 0.3) is 0 Å². The lowest BCUT2D eigenvalue weighted by Crippen LogP contribution is -2.39. The van der Waals surface area contributed by atoms with E-state index in [1.54, 1.807) is 6.07 Å². The molecule has 2 fully saturated rings. The summed E-state index contributed by atoms with van der Waals surface area (Å²) in [6.45, 7) is 2.61. The number of aromatic nitrogens is 1. The van der Waals surface area contributed by atoms with Gasteiger partial charge in [0.25, 0.3) is 5.91 Å². The molecule has 2 N–H and O–H groups in total. The van der Waals surface area contributed by atoms with E-state index in [4.69, 9.17) is 0 Å². The molecule has 1 amide bonds. The highest BCUT2D eigenvalue weighted by Gasteiger charge is 2.40. The number of pyridine rings is 1. The number of nitrogens with one attached hydrogen (secondary N) is 1. The van der Waals surface area contributed by atoms with Crippen molar-refractivity contribution in [2.45, 2.75) is 12.5 Å². The average molecular weight is 233 g/mol. The fourth-order valence-electron chi connectivity index (χ4n) is 2.80. The minimum absolute atomic E-state index is 0.0353. The number of rotatable bonds is 1. The second kappa shape index (κ2) is 4.00. The number of hydrogen-bond donors (Lipinski definition) is 2. The van der Waals surface area contributed by atoms with Crippen LogP contribution in [0.1, 0.15) is 16.9 Å². The zero-order valence-corrected chi connectivity index (χ0v) is 9.47. The Morgan fingerprint density at radius 1 is 1.53 bits per heavy atom. The third-order valence-corrected chi connectivity index (χ3v) is 3.70. The predicted molar refractivity (Wildman–Crippen MR) is 61.7 cm³/mol. The molecule has 0 bridgehead atoms. The van der Waals surface area contributed by atoms with Crippen LogP contribution in [0.4, 0.5) is 0 Å². The van der Waals surface area contributed by atoms with Crippen LogP contribution in [0.15, 0.2) is 18.3 Å². The Labute approximate surface area is 99.5 Å². The van der Waals surface area contributed by atoms with Crippen molar-refractivity contribution in [3.8, 4) is 5.75 Å². The summed E-state index contributed by atoms with van der Waals surface area (Å²) in [6.07, 6.45) is 2.57. The van der Waals surface area contributed by atoms with Gasteiger partial charge >= 0.3 is 0 Å². The number of fused-ring (bicyclic) bond motifs is 1. The maximum atomic E-state index is 12.3.